The highest BCUT2D eigenvalue weighted by atomic mass is 16.6. The lowest BCUT2D eigenvalue weighted by Gasteiger charge is -2.55. The third kappa shape index (κ3) is 2.89. The summed E-state index contributed by atoms with van der Waals surface area (Å²) in [6, 6.07) is 0. The molecule has 0 saturated heterocycles. The predicted octanol–water partition coefficient (Wildman–Crippen LogP) is 5.38. The van der Waals surface area contributed by atoms with Crippen LogP contribution in [0.3, 0.4) is 0 Å². The molecule has 4 heteroatoms. The molecular formula is C27H36O4. The van der Waals surface area contributed by atoms with Crippen LogP contribution in [-0.2, 0) is 19.1 Å². The van der Waals surface area contributed by atoms with Gasteiger partial charge in [0, 0.05) is 23.2 Å². The standard InChI is InChI=1S/C27H36O4/c1-7-8-24(30)31-27(18(4)28)17(3)14-23-20-13-16(2)22-15-19(29)9-11-25(22,5)21(20)10-12-26(23,27)6/h9-11,15-17,20,23H,7-8,12-14H2,1-6H3/t16-,17-,20+,23-,25+,26-,27-/m0/s1. The first-order valence-corrected chi connectivity index (χ1v) is 11.9. The van der Waals surface area contributed by atoms with Gasteiger partial charge in [-0.1, -0.05) is 45.4 Å². The predicted molar refractivity (Wildman–Crippen MR) is 120 cm³/mol. The quantitative estimate of drug-likeness (QED) is 0.449. The van der Waals surface area contributed by atoms with E-state index in [9.17, 15) is 14.4 Å². The zero-order valence-electron chi connectivity index (χ0n) is 19.8. The number of allylic oxidation sites excluding steroid dienone is 6. The average Bonchev–Trinajstić information content (AvgIpc) is 2.92. The minimum Gasteiger partial charge on any atom is -0.450 e. The van der Waals surface area contributed by atoms with Crippen molar-refractivity contribution in [3.63, 3.8) is 0 Å². The van der Waals surface area contributed by atoms with Crippen LogP contribution in [0.1, 0.15) is 73.6 Å². The fourth-order valence-electron chi connectivity index (χ4n) is 7.73. The van der Waals surface area contributed by atoms with Gasteiger partial charge in [0.2, 0.25) is 0 Å². The van der Waals surface area contributed by atoms with Crippen LogP contribution in [0.25, 0.3) is 0 Å². The van der Waals surface area contributed by atoms with Crippen LogP contribution < -0.4 is 0 Å². The average molecular weight is 425 g/mol. The first kappa shape index (κ1) is 22.2. The molecule has 2 fully saturated rings. The highest BCUT2D eigenvalue weighted by Crippen LogP contribution is 2.68. The maximum Gasteiger partial charge on any atom is 0.306 e. The topological polar surface area (TPSA) is 60.4 Å². The number of carbonyl (C=O) groups excluding carboxylic acids is 3. The fourth-order valence-corrected chi connectivity index (χ4v) is 7.73. The molecule has 0 amide bonds. The monoisotopic (exact) mass is 424 g/mol. The van der Waals surface area contributed by atoms with Gasteiger partial charge in [0.25, 0.3) is 0 Å². The number of esters is 1. The van der Waals surface area contributed by atoms with Crippen LogP contribution in [0.15, 0.2) is 35.5 Å². The highest BCUT2D eigenvalue weighted by Gasteiger charge is 2.69. The summed E-state index contributed by atoms with van der Waals surface area (Å²) < 4.78 is 6.15. The Hall–Kier alpha value is -1.97. The van der Waals surface area contributed by atoms with Crippen LogP contribution in [0.5, 0.6) is 0 Å². The largest absolute Gasteiger partial charge is 0.450 e. The van der Waals surface area contributed by atoms with Gasteiger partial charge >= 0.3 is 5.97 Å². The SMILES string of the molecule is CCCC(=O)O[C@]1(C(C)=O)[C@@H](C)C[C@H]2[C@@H]3C[C@H](C)C4=CC(=O)C=C[C@]4(C)C3=CC[C@@]21C. The van der Waals surface area contributed by atoms with Crippen molar-refractivity contribution in [2.45, 2.75) is 79.2 Å². The van der Waals surface area contributed by atoms with Crippen molar-refractivity contribution in [1.29, 1.82) is 0 Å². The number of carbonyl (C=O) groups is 3. The van der Waals surface area contributed by atoms with E-state index in [2.05, 4.69) is 39.8 Å². The van der Waals surface area contributed by atoms with Crippen molar-refractivity contribution >= 4 is 17.5 Å². The summed E-state index contributed by atoms with van der Waals surface area (Å²) in [7, 11) is 0. The summed E-state index contributed by atoms with van der Waals surface area (Å²) in [5.41, 5.74) is 0.881. The number of ether oxygens (including phenoxy) is 1. The Morgan fingerprint density at radius 3 is 2.52 bits per heavy atom. The van der Waals surface area contributed by atoms with Gasteiger partial charge in [-0.25, -0.2) is 0 Å². The van der Waals surface area contributed by atoms with E-state index in [0.717, 1.165) is 12.8 Å². The van der Waals surface area contributed by atoms with Gasteiger partial charge in [0.15, 0.2) is 17.2 Å². The Kier molecular flexibility index (Phi) is 5.22. The number of rotatable bonds is 4. The molecule has 0 spiro atoms. The van der Waals surface area contributed by atoms with Gasteiger partial charge in [-0.3, -0.25) is 14.4 Å². The van der Waals surface area contributed by atoms with Gasteiger partial charge in [-0.05, 0) is 75.0 Å². The van der Waals surface area contributed by atoms with E-state index < -0.39 is 11.0 Å². The maximum absolute atomic E-state index is 13.2. The molecule has 0 heterocycles. The molecule has 4 rings (SSSR count). The molecule has 7 atom stereocenters. The first-order chi connectivity index (χ1) is 14.5. The third-order valence-corrected chi connectivity index (χ3v) is 9.07. The molecule has 0 radical (unpaired) electrons. The lowest BCUT2D eigenvalue weighted by atomic mass is 9.49. The van der Waals surface area contributed by atoms with Crippen LogP contribution in [0, 0.1) is 34.5 Å². The second-order valence-corrected chi connectivity index (χ2v) is 10.8. The molecule has 4 aliphatic carbocycles. The normalized spacial score (nSPS) is 43.4. The molecule has 0 N–H and O–H groups in total. The molecule has 2 saturated carbocycles. The van der Waals surface area contributed by atoms with Gasteiger partial charge in [0.05, 0.1) is 0 Å². The van der Waals surface area contributed by atoms with Crippen LogP contribution in [0.4, 0.5) is 0 Å². The summed E-state index contributed by atoms with van der Waals surface area (Å²) in [5, 5.41) is 0. The van der Waals surface area contributed by atoms with E-state index in [4.69, 9.17) is 4.74 Å². The smallest absolute Gasteiger partial charge is 0.306 e. The fraction of sp³-hybridized carbons (Fsp3) is 0.667. The van der Waals surface area contributed by atoms with E-state index >= 15 is 0 Å². The van der Waals surface area contributed by atoms with Crippen LogP contribution in [-0.4, -0.2) is 23.1 Å². The van der Waals surface area contributed by atoms with E-state index in [-0.39, 0.29) is 34.8 Å². The minimum absolute atomic E-state index is 0.0166. The Labute approximate surface area is 186 Å². The number of hydrogen-bond acceptors (Lipinski definition) is 4. The molecule has 4 aliphatic rings. The second-order valence-electron chi connectivity index (χ2n) is 10.8. The minimum atomic E-state index is -1.06. The summed E-state index contributed by atoms with van der Waals surface area (Å²) in [6.45, 7) is 12.3. The van der Waals surface area contributed by atoms with Crippen molar-refractivity contribution < 1.29 is 19.1 Å². The highest BCUT2D eigenvalue weighted by molar-refractivity contribution is 6.01. The molecule has 0 bridgehead atoms. The Morgan fingerprint density at radius 1 is 1.16 bits per heavy atom. The molecule has 4 nitrogen and oxygen atoms in total. The van der Waals surface area contributed by atoms with Gasteiger partial charge in [0.1, 0.15) is 0 Å². The van der Waals surface area contributed by atoms with Crippen molar-refractivity contribution in [1.82, 2.24) is 0 Å². The number of ketones is 2. The molecule has 31 heavy (non-hydrogen) atoms. The molecule has 0 unspecified atom stereocenters. The third-order valence-electron chi connectivity index (χ3n) is 9.07. The lowest BCUT2D eigenvalue weighted by molar-refractivity contribution is -0.188. The van der Waals surface area contributed by atoms with Crippen molar-refractivity contribution in [2.24, 2.45) is 34.5 Å². The summed E-state index contributed by atoms with van der Waals surface area (Å²) in [6.07, 6.45) is 11.5. The van der Waals surface area contributed by atoms with Gasteiger partial charge in [-0.15, -0.1) is 0 Å². The Morgan fingerprint density at radius 2 is 1.87 bits per heavy atom. The number of fused-ring (bicyclic) bond motifs is 5. The van der Waals surface area contributed by atoms with E-state index in [0.29, 0.717) is 31.1 Å². The van der Waals surface area contributed by atoms with Crippen molar-refractivity contribution in [3.8, 4) is 0 Å². The maximum atomic E-state index is 13.2. The van der Waals surface area contributed by atoms with Gasteiger partial charge in [-0.2, -0.15) is 0 Å². The Balaban J connectivity index is 1.80. The zero-order chi connectivity index (χ0) is 22.8. The van der Waals surface area contributed by atoms with Crippen molar-refractivity contribution in [2.75, 3.05) is 0 Å². The first-order valence-electron chi connectivity index (χ1n) is 11.9. The summed E-state index contributed by atoms with van der Waals surface area (Å²) in [5.74, 6) is 0.668. The van der Waals surface area contributed by atoms with Gasteiger partial charge < -0.3 is 4.74 Å². The molecule has 168 valence electrons. The van der Waals surface area contributed by atoms with Crippen LogP contribution >= 0.6 is 0 Å². The van der Waals surface area contributed by atoms with E-state index in [1.54, 1.807) is 13.0 Å². The molecule has 0 aromatic carbocycles. The molecule has 0 aromatic rings. The van der Waals surface area contributed by atoms with Crippen LogP contribution in [0.2, 0.25) is 0 Å². The lowest BCUT2D eigenvalue weighted by Crippen LogP contribution is -2.58. The molecular weight excluding hydrogens is 388 g/mol. The summed E-state index contributed by atoms with van der Waals surface area (Å²) in [4.78, 5) is 37.9. The number of hydrogen-bond donors (Lipinski definition) is 0. The Bertz CT molecular complexity index is 924. The second kappa shape index (κ2) is 7.28. The summed E-state index contributed by atoms with van der Waals surface area (Å²) >= 11 is 0. The van der Waals surface area contributed by atoms with Crippen molar-refractivity contribution in [3.05, 3.63) is 35.5 Å². The van der Waals surface area contributed by atoms with E-state index in [1.807, 2.05) is 13.0 Å². The zero-order valence-corrected chi connectivity index (χ0v) is 19.8. The molecule has 0 aromatic heterocycles. The van der Waals surface area contributed by atoms with E-state index in [1.165, 1.54) is 11.1 Å². The molecule has 0 aliphatic heterocycles. The number of Topliss-reactive ketones (excluding diaryl/α,β-unsaturated/α-hetero) is 1.